The standard InChI is InChI=1S/C12H20N4O/c1-12(17)3-2-5-16(6-4-12)11-10(7-13)8-14-9-15-11/h8-9,17H,2-7,13H2,1H3. The molecule has 94 valence electrons. The van der Waals surface area contributed by atoms with E-state index in [1.54, 1.807) is 12.5 Å². The first-order chi connectivity index (χ1) is 8.12. The Hall–Kier alpha value is -1.20. The molecule has 0 saturated carbocycles. The molecule has 1 aromatic heterocycles. The van der Waals surface area contributed by atoms with Gasteiger partial charge < -0.3 is 15.7 Å². The van der Waals surface area contributed by atoms with Crippen LogP contribution in [0.1, 0.15) is 31.7 Å². The van der Waals surface area contributed by atoms with Crippen molar-refractivity contribution in [2.75, 3.05) is 18.0 Å². The van der Waals surface area contributed by atoms with Crippen LogP contribution in [0.4, 0.5) is 5.82 Å². The molecule has 17 heavy (non-hydrogen) atoms. The lowest BCUT2D eigenvalue weighted by atomic mass is 9.98. The molecule has 1 atom stereocenters. The molecule has 1 aliphatic heterocycles. The Morgan fingerprint density at radius 1 is 1.47 bits per heavy atom. The second-order valence-corrected chi connectivity index (χ2v) is 4.91. The lowest BCUT2D eigenvalue weighted by molar-refractivity contribution is 0.0481. The number of aromatic nitrogens is 2. The minimum Gasteiger partial charge on any atom is -0.390 e. The largest absolute Gasteiger partial charge is 0.390 e. The maximum absolute atomic E-state index is 10.1. The second kappa shape index (κ2) is 4.98. The van der Waals surface area contributed by atoms with Crippen LogP contribution in [-0.4, -0.2) is 33.8 Å². The average Bonchev–Trinajstić information content (AvgIpc) is 2.50. The van der Waals surface area contributed by atoms with E-state index in [0.717, 1.165) is 43.7 Å². The Balaban J connectivity index is 2.17. The Kier molecular flexibility index (Phi) is 3.59. The van der Waals surface area contributed by atoms with Crippen LogP contribution in [0, 0.1) is 0 Å². The summed E-state index contributed by atoms with van der Waals surface area (Å²) in [6.07, 6.45) is 5.90. The number of hydrogen-bond acceptors (Lipinski definition) is 5. The van der Waals surface area contributed by atoms with Crippen LogP contribution < -0.4 is 10.6 Å². The van der Waals surface area contributed by atoms with Crippen molar-refractivity contribution in [1.29, 1.82) is 0 Å². The highest BCUT2D eigenvalue weighted by molar-refractivity contribution is 5.45. The van der Waals surface area contributed by atoms with Crippen LogP contribution in [0.5, 0.6) is 0 Å². The normalized spacial score (nSPS) is 25.7. The molecule has 0 spiro atoms. The molecular weight excluding hydrogens is 216 g/mol. The number of aliphatic hydroxyl groups is 1. The van der Waals surface area contributed by atoms with Gasteiger partial charge in [-0.05, 0) is 26.2 Å². The van der Waals surface area contributed by atoms with Gasteiger partial charge in [0, 0.05) is 31.4 Å². The highest BCUT2D eigenvalue weighted by Crippen LogP contribution is 2.25. The average molecular weight is 236 g/mol. The minimum absolute atomic E-state index is 0.447. The molecule has 1 saturated heterocycles. The molecule has 0 aliphatic carbocycles. The van der Waals surface area contributed by atoms with E-state index >= 15 is 0 Å². The van der Waals surface area contributed by atoms with Gasteiger partial charge in [-0.1, -0.05) is 0 Å². The lowest BCUT2D eigenvalue weighted by Crippen LogP contribution is -2.29. The molecule has 0 amide bonds. The van der Waals surface area contributed by atoms with Crippen LogP contribution in [-0.2, 0) is 6.54 Å². The maximum atomic E-state index is 10.1. The Labute approximate surface area is 102 Å². The van der Waals surface area contributed by atoms with Crippen LogP contribution in [0.3, 0.4) is 0 Å². The molecule has 0 bridgehead atoms. The monoisotopic (exact) mass is 236 g/mol. The SMILES string of the molecule is CC1(O)CCCN(c2ncncc2CN)CC1. The first-order valence-electron chi connectivity index (χ1n) is 6.09. The summed E-state index contributed by atoms with van der Waals surface area (Å²) in [6, 6.07) is 0. The summed E-state index contributed by atoms with van der Waals surface area (Å²) in [5.74, 6) is 0.917. The van der Waals surface area contributed by atoms with Crippen molar-refractivity contribution in [3.8, 4) is 0 Å². The summed E-state index contributed by atoms with van der Waals surface area (Å²) in [4.78, 5) is 10.5. The fourth-order valence-corrected chi connectivity index (χ4v) is 2.26. The van der Waals surface area contributed by atoms with E-state index in [2.05, 4.69) is 14.9 Å². The summed E-state index contributed by atoms with van der Waals surface area (Å²) < 4.78 is 0. The first kappa shape index (κ1) is 12.3. The van der Waals surface area contributed by atoms with Crippen LogP contribution >= 0.6 is 0 Å². The molecule has 3 N–H and O–H groups in total. The van der Waals surface area contributed by atoms with E-state index in [9.17, 15) is 5.11 Å². The quantitative estimate of drug-likeness (QED) is 0.789. The topological polar surface area (TPSA) is 75.3 Å². The predicted molar refractivity (Wildman–Crippen MR) is 66.6 cm³/mol. The Morgan fingerprint density at radius 3 is 3.06 bits per heavy atom. The van der Waals surface area contributed by atoms with Gasteiger partial charge in [-0.25, -0.2) is 9.97 Å². The number of nitrogens with two attached hydrogens (primary N) is 1. The first-order valence-corrected chi connectivity index (χ1v) is 6.09. The predicted octanol–water partition coefficient (Wildman–Crippen LogP) is 0.677. The van der Waals surface area contributed by atoms with Crippen molar-refractivity contribution in [2.45, 2.75) is 38.3 Å². The van der Waals surface area contributed by atoms with Crippen LogP contribution in [0.2, 0.25) is 0 Å². The Morgan fingerprint density at radius 2 is 2.29 bits per heavy atom. The van der Waals surface area contributed by atoms with E-state index < -0.39 is 5.60 Å². The summed E-state index contributed by atoms with van der Waals surface area (Å²) in [6.45, 7) is 4.08. The molecule has 1 unspecified atom stereocenters. The molecule has 0 radical (unpaired) electrons. The lowest BCUT2D eigenvalue weighted by Gasteiger charge is -2.24. The zero-order valence-electron chi connectivity index (χ0n) is 10.3. The van der Waals surface area contributed by atoms with Crippen molar-refractivity contribution in [3.63, 3.8) is 0 Å². The molecule has 1 aliphatic rings. The number of hydrogen-bond donors (Lipinski definition) is 2. The zero-order valence-corrected chi connectivity index (χ0v) is 10.3. The Bertz CT molecular complexity index is 381. The summed E-state index contributed by atoms with van der Waals surface area (Å²) in [5.41, 5.74) is 6.11. The minimum atomic E-state index is -0.551. The second-order valence-electron chi connectivity index (χ2n) is 4.91. The van der Waals surface area contributed by atoms with E-state index in [1.807, 2.05) is 6.92 Å². The van der Waals surface area contributed by atoms with Gasteiger partial charge in [0.15, 0.2) is 0 Å². The van der Waals surface area contributed by atoms with Crippen molar-refractivity contribution >= 4 is 5.82 Å². The van der Waals surface area contributed by atoms with Crippen molar-refractivity contribution in [2.24, 2.45) is 5.73 Å². The summed E-state index contributed by atoms with van der Waals surface area (Å²) in [5, 5.41) is 10.1. The molecular formula is C12H20N4O. The zero-order chi connectivity index (χ0) is 12.3. The molecule has 1 aromatic rings. The van der Waals surface area contributed by atoms with Gasteiger partial charge in [-0.2, -0.15) is 0 Å². The van der Waals surface area contributed by atoms with Gasteiger partial charge >= 0.3 is 0 Å². The number of nitrogens with zero attached hydrogens (tertiary/aromatic N) is 3. The third-order valence-corrected chi connectivity index (χ3v) is 3.35. The fraction of sp³-hybridized carbons (Fsp3) is 0.667. The van der Waals surface area contributed by atoms with E-state index in [0.29, 0.717) is 6.54 Å². The van der Waals surface area contributed by atoms with E-state index in [-0.39, 0.29) is 0 Å². The molecule has 2 rings (SSSR count). The van der Waals surface area contributed by atoms with Crippen molar-refractivity contribution in [1.82, 2.24) is 9.97 Å². The van der Waals surface area contributed by atoms with Crippen molar-refractivity contribution in [3.05, 3.63) is 18.1 Å². The van der Waals surface area contributed by atoms with Gasteiger partial charge in [-0.15, -0.1) is 0 Å². The van der Waals surface area contributed by atoms with E-state index in [1.165, 1.54) is 0 Å². The van der Waals surface area contributed by atoms with Gasteiger partial charge in [-0.3, -0.25) is 0 Å². The third-order valence-electron chi connectivity index (χ3n) is 3.35. The number of rotatable bonds is 2. The highest BCUT2D eigenvalue weighted by atomic mass is 16.3. The summed E-state index contributed by atoms with van der Waals surface area (Å²) in [7, 11) is 0. The van der Waals surface area contributed by atoms with Gasteiger partial charge in [0.1, 0.15) is 12.1 Å². The smallest absolute Gasteiger partial charge is 0.136 e. The molecule has 5 heteroatoms. The molecule has 5 nitrogen and oxygen atoms in total. The van der Waals surface area contributed by atoms with E-state index in [4.69, 9.17) is 5.73 Å². The van der Waals surface area contributed by atoms with Crippen LogP contribution in [0.15, 0.2) is 12.5 Å². The van der Waals surface area contributed by atoms with Gasteiger partial charge in [0.05, 0.1) is 5.60 Å². The van der Waals surface area contributed by atoms with Gasteiger partial charge in [0.2, 0.25) is 0 Å². The maximum Gasteiger partial charge on any atom is 0.136 e. The number of anilines is 1. The molecule has 1 fully saturated rings. The summed E-state index contributed by atoms with van der Waals surface area (Å²) >= 11 is 0. The molecule has 2 heterocycles. The molecule has 0 aromatic carbocycles. The third kappa shape index (κ3) is 2.92. The van der Waals surface area contributed by atoms with Crippen LogP contribution in [0.25, 0.3) is 0 Å². The van der Waals surface area contributed by atoms with Crippen molar-refractivity contribution < 1.29 is 5.11 Å². The highest BCUT2D eigenvalue weighted by Gasteiger charge is 2.26. The fourth-order valence-electron chi connectivity index (χ4n) is 2.26. The van der Waals surface area contributed by atoms with Gasteiger partial charge in [0.25, 0.3) is 0 Å².